The van der Waals surface area contributed by atoms with Crippen LogP contribution in [0.25, 0.3) is 0 Å². The minimum absolute atomic E-state index is 0.0201. The van der Waals surface area contributed by atoms with Gasteiger partial charge in [-0.3, -0.25) is 19.8 Å². The van der Waals surface area contributed by atoms with E-state index < -0.39 is 4.92 Å². The minimum Gasteiger partial charge on any atom is -0.325 e. The van der Waals surface area contributed by atoms with Gasteiger partial charge < -0.3 is 5.32 Å². The van der Waals surface area contributed by atoms with Crippen LogP contribution in [0.15, 0.2) is 24.3 Å². The van der Waals surface area contributed by atoms with Crippen molar-refractivity contribution in [2.75, 3.05) is 25.0 Å². The Kier molecular flexibility index (Phi) is 4.90. The Hall–Kier alpha value is -1.95. The summed E-state index contributed by atoms with van der Waals surface area (Å²) in [5.41, 5.74) is 0.607. The van der Waals surface area contributed by atoms with Crippen LogP contribution in [0.4, 0.5) is 11.4 Å². The summed E-state index contributed by atoms with van der Waals surface area (Å²) in [6, 6.07) is 5.89. The van der Waals surface area contributed by atoms with Crippen LogP contribution < -0.4 is 5.32 Å². The third-order valence-corrected chi connectivity index (χ3v) is 3.67. The molecule has 114 valence electrons. The number of nitrogens with one attached hydrogen (secondary N) is 1. The number of nitrogens with zero attached hydrogens (tertiary/aromatic N) is 2. The summed E-state index contributed by atoms with van der Waals surface area (Å²) < 4.78 is 0. The van der Waals surface area contributed by atoms with Crippen LogP contribution in [0.1, 0.15) is 20.3 Å². The molecule has 0 aromatic heterocycles. The third-order valence-electron chi connectivity index (χ3n) is 3.67. The second-order valence-electron chi connectivity index (χ2n) is 5.99. The van der Waals surface area contributed by atoms with Crippen LogP contribution in [0.5, 0.6) is 0 Å². The fraction of sp³-hybridized carbons (Fsp3) is 0.533. The SMILES string of the molecule is CC1CC(C)CN(CC(=O)Nc2ccc([N+](=O)[O-])cc2)C1. The number of nitro groups is 1. The number of hydrogen-bond donors (Lipinski definition) is 1. The smallest absolute Gasteiger partial charge is 0.269 e. The van der Waals surface area contributed by atoms with Crippen LogP contribution >= 0.6 is 0 Å². The zero-order valence-electron chi connectivity index (χ0n) is 12.4. The van der Waals surface area contributed by atoms with E-state index in [2.05, 4.69) is 24.1 Å². The first-order valence-electron chi connectivity index (χ1n) is 7.20. The molecule has 2 rings (SSSR count). The lowest BCUT2D eigenvalue weighted by atomic mass is 9.92. The van der Waals surface area contributed by atoms with Gasteiger partial charge >= 0.3 is 0 Å². The maximum Gasteiger partial charge on any atom is 0.269 e. The average molecular weight is 291 g/mol. The molecule has 1 saturated heterocycles. The van der Waals surface area contributed by atoms with Crippen molar-refractivity contribution in [3.63, 3.8) is 0 Å². The lowest BCUT2D eigenvalue weighted by molar-refractivity contribution is -0.384. The van der Waals surface area contributed by atoms with Crippen molar-refractivity contribution in [2.24, 2.45) is 11.8 Å². The van der Waals surface area contributed by atoms with E-state index in [0.29, 0.717) is 24.1 Å². The molecule has 1 amide bonds. The maximum absolute atomic E-state index is 12.0. The molecule has 6 nitrogen and oxygen atoms in total. The summed E-state index contributed by atoms with van der Waals surface area (Å²) in [6.07, 6.45) is 1.21. The highest BCUT2D eigenvalue weighted by molar-refractivity contribution is 5.92. The highest BCUT2D eigenvalue weighted by Gasteiger charge is 2.23. The van der Waals surface area contributed by atoms with Gasteiger partial charge in [-0.15, -0.1) is 0 Å². The Morgan fingerprint density at radius 1 is 1.29 bits per heavy atom. The van der Waals surface area contributed by atoms with Gasteiger partial charge in [-0.2, -0.15) is 0 Å². The van der Waals surface area contributed by atoms with E-state index in [9.17, 15) is 14.9 Å². The van der Waals surface area contributed by atoms with Gasteiger partial charge in [0.2, 0.25) is 5.91 Å². The maximum atomic E-state index is 12.0. The molecule has 0 spiro atoms. The van der Waals surface area contributed by atoms with Crippen molar-refractivity contribution in [1.29, 1.82) is 0 Å². The van der Waals surface area contributed by atoms with Gasteiger partial charge in [0.15, 0.2) is 0 Å². The predicted molar refractivity (Wildman–Crippen MR) is 81.1 cm³/mol. The van der Waals surface area contributed by atoms with E-state index in [1.165, 1.54) is 18.6 Å². The van der Waals surface area contributed by atoms with Crippen molar-refractivity contribution in [3.8, 4) is 0 Å². The summed E-state index contributed by atoms with van der Waals surface area (Å²) in [4.78, 5) is 24.3. The number of carbonyl (C=O) groups is 1. The number of amides is 1. The molecule has 0 saturated carbocycles. The second kappa shape index (κ2) is 6.67. The van der Waals surface area contributed by atoms with Gasteiger partial charge in [0.25, 0.3) is 5.69 Å². The fourth-order valence-electron chi connectivity index (χ4n) is 2.99. The number of carbonyl (C=O) groups excluding carboxylic acids is 1. The Morgan fingerprint density at radius 3 is 2.38 bits per heavy atom. The summed E-state index contributed by atoms with van der Waals surface area (Å²) >= 11 is 0. The number of likely N-dealkylation sites (tertiary alicyclic amines) is 1. The Labute approximate surface area is 124 Å². The molecule has 1 aromatic carbocycles. The monoisotopic (exact) mass is 291 g/mol. The molecule has 0 bridgehead atoms. The van der Waals surface area contributed by atoms with Crippen LogP contribution in [-0.4, -0.2) is 35.4 Å². The van der Waals surface area contributed by atoms with Crippen molar-refractivity contribution < 1.29 is 9.72 Å². The Balaban J connectivity index is 1.88. The van der Waals surface area contributed by atoms with Crippen molar-refractivity contribution in [3.05, 3.63) is 34.4 Å². The zero-order valence-corrected chi connectivity index (χ0v) is 12.4. The van der Waals surface area contributed by atoms with E-state index in [0.717, 1.165) is 13.1 Å². The first-order valence-corrected chi connectivity index (χ1v) is 7.20. The second-order valence-corrected chi connectivity index (χ2v) is 5.99. The van der Waals surface area contributed by atoms with Crippen molar-refractivity contribution >= 4 is 17.3 Å². The Morgan fingerprint density at radius 2 is 1.86 bits per heavy atom. The van der Waals surface area contributed by atoms with Crippen LogP contribution in [0.2, 0.25) is 0 Å². The molecule has 21 heavy (non-hydrogen) atoms. The molecule has 2 atom stereocenters. The van der Waals surface area contributed by atoms with E-state index in [4.69, 9.17) is 0 Å². The number of nitro benzene ring substituents is 1. The Bertz CT molecular complexity index is 505. The largest absolute Gasteiger partial charge is 0.325 e. The fourth-order valence-corrected chi connectivity index (χ4v) is 2.99. The van der Waals surface area contributed by atoms with E-state index in [-0.39, 0.29) is 11.6 Å². The lowest BCUT2D eigenvalue weighted by Gasteiger charge is -2.34. The highest BCUT2D eigenvalue weighted by atomic mass is 16.6. The molecular weight excluding hydrogens is 270 g/mol. The number of rotatable bonds is 4. The summed E-state index contributed by atoms with van der Waals surface area (Å²) in [5, 5.41) is 13.4. The van der Waals surface area contributed by atoms with Crippen molar-refractivity contribution in [2.45, 2.75) is 20.3 Å². The molecule has 2 unspecified atom stereocenters. The van der Waals surface area contributed by atoms with Gasteiger partial charge in [0.05, 0.1) is 11.5 Å². The normalized spacial score (nSPS) is 22.8. The number of piperidine rings is 1. The first kappa shape index (κ1) is 15.4. The quantitative estimate of drug-likeness (QED) is 0.683. The van der Waals surface area contributed by atoms with Gasteiger partial charge in [-0.25, -0.2) is 0 Å². The molecule has 1 N–H and O–H groups in total. The lowest BCUT2D eigenvalue weighted by Crippen LogP contribution is -2.42. The molecule has 1 aliphatic rings. The number of non-ortho nitro benzene ring substituents is 1. The van der Waals surface area contributed by atoms with E-state index in [1.807, 2.05) is 0 Å². The van der Waals surface area contributed by atoms with Crippen LogP contribution in [0, 0.1) is 22.0 Å². The van der Waals surface area contributed by atoms with Gasteiger partial charge in [-0.1, -0.05) is 13.8 Å². The topological polar surface area (TPSA) is 75.5 Å². The van der Waals surface area contributed by atoms with Gasteiger partial charge in [0, 0.05) is 30.9 Å². The van der Waals surface area contributed by atoms with Crippen LogP contribution in [-0.2, 0) is 4.79 Å². The standard InChI is InChI=1S/C15H21N3O3/c1-11-7-12(2)9-17(8-11)10-15(19)16-13-3-5-14(6-4-13)18(20)21/h3-6,11-12H,7-10H2,1-2H3,(H,16,19). The summed E-state index contributed by atoms with van der Waals surface area (Å²) in [7, 11) is 0. The van der Waals surface area contributed by atoms with Crippen molar-refractivity contribution in [1.82, 2.24) is 4.90 Å². The summed E-state index contributed by atoms with van der Waals surface area (Å²) in [6.45, 7) is 6.66. The average Bonchev–Trinajstić information content (AvgIpc) is 2.37. The molecule has 1 fully saturated rings. The minimum atomic E-state index is -0.456. The molecule has 0 radical (unpaired) electrons. The third kappa shape index (κ3) is 4.53. The predicted octanol–water partition coefficient (Wildman–Crippen LogP) is 2.51. The number of hydrogen-bond acceptors (Lipinski definition) is 4. The summed E-state index contributed by atoms with van der Waals surface area (Å²) in [5.74, 6) is 1.15. The molecule has 1 heterocycles. The molecule has 6 heteroatoms. The molecule has 0 aliphatic carbocycles. The number of anilines is 1. The van der Waals surface area contributed by atoms with Gasteiger partial charge in [0.1, 0.15) is 0 Å². The van der Waals surface area contributed by atoms with Gasteiger partial charge in [-0.05, 0) is 30.4 Å². The molecular formula is C15H21N3O3. The van der Waals surface area contributed by atoms with Crippen LogP contribution in [0.3, 0.4) is 0 Å². The van der Waals surface area contributed by atoms with E-state index in [1.54, 1.807) is 12.1 Å². The molecule has 1 aliphatic heterocycles. The first-order chi connectivity index (χ1) is 9.94. The highest BCUT2D eigenvalue weighted by Crippen LogP contribution is 2.21. The zero-order chi connectivity index (χ0) is 15.4. The van der Waals surface area contributed by atoms with E-state index >= 15 is 0 Å². The molecule has 1 aromatic rings. The number of benzene rings is 1.